The molecule has 1 rings (SSSR count). The lowest BCUT2D eigenvalue weighted by atomic mass is 10.1. The molecule has 0 radical (unpaired) electrons. The van der Waals surface area contributed by atoms with Crippen LogP contribution in [0.4, 0.5) is 5.69 Å². The van der Waals surface area contributed by atoms with E-state index in [9.17, 15) is 9.59 Å². The minimum Gasteiger partial charge on any atom is -0.369 e. The third-order valence-corrected chi connectivity index (χ3v) is 3.25. The zero-order valence-corrected chi connectivity index (χ0v) is 12.2. The fourth-order valence-electron chi connectivity index (χ4n) is 1.32. The number of carbonyl (C=O) groups is 1. The lowest BCUT2D eigenvalue weighted by Gasteiger charge is -2.24. The molecule has 6 nitrogen and oxygen atoms in total. The number of nitrogens with zero attached hydrogens (tertiary/aromatic N) is 2. The van der Waals surface area contributed by atoms with E-state index in [4.69, 9.17) is 5.73 Å². The average molecular weight is 317 g/mol. The van der Waals surface area contributed by atoms with Gasteiger partial charge < -0.3 is 11.1 Å². The largest absolute Gasteiger partial charge is 0.369 e. The summed E-state index contributed by atoms with van der Waals surface area (Å²) < 4.78 is 1.72. The van der Waals surface area contributed by atoms with Crippen LogP contribution in [0.5, 0.6) is 0 Å². The number of carbonyl (C=O) groups excluding carboxylic acids is 1. The van der Waals surface area contributed by atoms with Crippen LogP contribution in [-0.4, -0.2) is 21.2 Å². The smallest absolute Gasteiger partial charge is 0.283 e. The molecule has 1 heterocycles. The molecule has 0 spiro atoms. The number of hydrogen-bond acceptors (Lipinski definition) is 4. The molecule has 0 aliphatic heterocycles. The zero-order valence-electron chi connectivity index (χ0n) is 10.7. The predicted octanol–water partition coefficient (Wildman–Crippen LogP) is 1.09. The van der Waals surface area contributed by atoms with Crippen molar-refractivity contribution in [2.45, 2.75) is 39.3 Å². The number of amides is 1. The summed E-state index contributed by atoms with van der Waals surface area (Å²) in [5.41, 5.74) is 4.53. The van der Waals surface area contributed by atoms with Crippen molar-refractivity contribution in [2.24, 2.45) is 5.73 Å². The molecule has 0 atom stereocenters. The molecule has 0 saturated heterocycles. The first-order valence-electron chi connectivity index (χ1n) is 5.63. The van der Waals surface area contributed by atoms with Crippen molar-refractivity contribution in [3.63, 3.8) is 0 Å². The third kappa shape index (κ3) is 3.10. The van der Waals surface area contributed by atoms with Crippen molar-refractivity contribution >= 4 is 27.5 Å². The van der Waals surface area contributed by atoms with Crippen LogP contribution in [-0.2, 0) is 11.3 Å². The summed E-state index contributed by atoms with van der Waals surface area (Å²) in [7, 11) is 0. The van der Waals surface area contributed by atoms with Gasteiger partial charge in [0.2, 0.25) is 5.91 Å². The number of rotatable bonds is 5. The van der Waals surface area contributed by atoms with E-state index in [0.717, 1.165) is 6.42 Å². The number of nitrogens with two attached hydrogens (primary N) is 1. The molecule has 1 aromatic rings. The van der Waals surface area contributed by atoms with Crippen molar-refractivity contribution in [1.82, 2.24) is 9.78 Å². The van der Waals surface area contributed by atoms with Gasteiger partial charge in [-0.2, -0.15) is 5.10 Å². The topological polar surface area (TPSA) is 90.0 Å². The van der Waals surface area contributed by atoms with Crippen LogP contribution in [0.3, 0.4) is 0 Å². The highest BCUT2D eigenvalue weighted by molar-refractivity contribution is 9.10. The number of aromatic nitrogens is 2. The highest BCUT2D eigenvalue weighted by Crippen LogP contribution is 2.20. The van der Waals surface area contributed by atoms with E-state index in [-0.39, 0.29) is 5.56 Å². The maximum atomic E-state index is 11.9. The summed E-state index contributed by atoms with van der Waals surface area (Å²) in [6, 6.07) is 0. The van der Waals surface area contributed by atoms with Crippen molar-refractivity contribution in [2.75, 3.05) is 5.32 Å². The van der Waals surface area contributed by atoms with E-state index in [1.54, 1.807) is 13.8 Å². The van der Waals surface area contributed by atoms with E-state index < -0.39 is 11.4 Å². The highest BCUT2D eigenvalue weighted by Gasteiger charge is 2.26. The maximum absolute atomic E-state index is 11.9. The van der Waals surface area contributed by atoms with E-state index in [2.05, 4.69) is 26.3 Å². The van der Waals surface area contributed by atoms with Crippen LogP contribution in [0.15, 0.2) is 15.5 Å². The second kappa shape index (κ2) is 5.51. The lowest BCUT2D eigenvalue weighted by Crippen LogP contribution is -2.45. The van der Waals surface area contributed by atoms with Crippen LogP contribution in [0.2, 0.25) is 0 Å². The molecule has 18 heavy (non-hydrogen) atoms. The van der Waals surface area contributed by atoms with Crippen molar-refractivity contribution < 1.29 is 4.79 Å². The molecule has 1 aromatic heterocycles. The summed E-state index contributed by atoms with van der Waals surface area (Å²) in [5, 5.41) is 6.93. The van der Waals surface area contributed by atoms with Crippen LogP contribution >= 0.6 is 15.9 Å². The van der Waals surface area contributed by atoms with E-state index in [1.165, 1.54) is 10.9 Å². The molecule has 3 N–H and O–H groups in total. The first kappa shape index (κ1) is 14.7. The number of anilines is 1. The van der Waals surface area contributed by atoms with Gasteiger partial charge in [0, 0.05) is 6.54 Å². The molecule has 0 saturated carbocycles. The van der Waals surface area contributed by atoms with Crippen molar-refractivity contribution in [1.29, 1.82) is 0 Å². The molecular weight excluding hydrogens is 300 g/mol. The number of hydrogen-bond donors (Lipinski definition) is 2. The Labute approximate surface area is 114 Å². The Morgan fingerprint density at radius 3 is 2.72 bits per heavy atom. The van der Waals surface area contributed by atoms with Crippen LogP contribution < -0.4 is 16.6 Å². The van der Waals surface area contributed by atoms with Crippen LogP contribution in [0.1, 0.15) is 27.2 Å². The molecule has 0 aliphatic carbocycles. The SMILES string of the molecule is CCCn1ncc(NC(C)(C)C(N)=O)c(Br)c1=O. The molecule has 1 amide bonds. The van der Waals surface area contributed by atoms with Crippen molar-refractivity contribution in [3.8, 4) is 0 Å². The minimum absolute atomic E-state index is 0.234. The fraction of sp³-hybridized carbons (Fsp3) is 0.545. The Balaban J connectivity index is 3.10. The van der Waals surface area contributed by atoms with Gasteiger partial charge in [0.1, 0.15) is 10.0 Å². The Bertz CT molecular complexity index is 510. The number of primary amides is 1. The molecule has 7 heteroatoms. The minimum atomic E-state index is -0.951. The van der Waals surface area contributed by atoms with Gasteiger partial charge in [0.15, 0.2) is 0 Å². The molecule has 0 bridgehead atoms. The number of aryl methyl sites for hydroxylation is 1. The van der Waals surface area contributed by atoms with Gasteiger partial charge in [0.25, 0.3) is 5.56 Å². The summed E-state index contributed by atoms with van der Waals surface area (Å²) in [6.45, 7) is 5.79. The fourth-order valence-corrected chi connectivity index (χ4v) is 1.73. The van der Waals surface area contributed by atoms with Crippen LogP contribution in [0, 0.1) is 0 Å². The Morgan fingerprint density at radius 1 is 1.61 bits per heavy atom. The van der Waals surface area contributed by atoms with Gasteiger partial charge in [-0.25, -0.2) is 4.68 Å². The van der Waals surface area contributed by atoms with E-state index >= 15 is 0 Å². The second-order valence-electron chi connectivity index (χ2n) is 4.51. The third-order valence-electron chi connectivity index (χ3n) is 2.48. The van der Waals surface area contributed by atoms with Gasteiger partial charge in [-0.3, -0.25) is 9.59 Å². The zero-order chi connectivity index (χ0) is 13.9. The summed E-state index contributed by atoms with van der Waals surface area (Å²) in [4.78, 5) is 23.2. The molecule has 100 valence electrons. The van der Waals surface area contributed by atoms with E-state index in [0.29, 0.717) is 16.7 Å². The van der Waals surface area contributed by atoms with Gasteiger partial charge >= 0.3 is 0 Å². The number of nitrogens with one attached hydrogen (secondary N) is 1. The maximum Gasteiger partial charge on any atom is 0.283 e. The lowest BCUT2D eigenvalue weighted by molar-refractivity contribution is -0.121. The highest BCUT2D eigenvalue weighted by atomic mass is 79.9. The quantitative estimate of drug-likeness (QED) is 0.851. The Hall–Kier alpha value is -1.37. The summed E-state index contributed by atoms with van der Waals surface area (Å²) in [6.07, 6.45) is 2.32. The Morgan fingerprint density at radius 2 is 2.22 bits per heavy atom. The standard InChI is InChI=1S/C11H17BrN4O2/c1-4-5-16-9(17)8(12)7(6-14-16)15-11(2,3)10(13)18/h6,15H,4-5H2,1-3H3,(H2,13,18). The second-order valence-corrected chi connectivity index (χ2v) is 5.31. The first-order valence-corrected chi connectivity index (χ1v) is 6.42. The normalized spacial score (nSPS) is 11.3. The van der Waals surface area contributed by atoms with Crippen LogP contribution in [0.25, 0.3) is 0 Å². The molecular formula is C11H17BrN4O2. The first-order chi connectivity index (χ1) is 8.29. The molecule has 0 aromatic carbocycles. The average Bonchev–Trinajstić information content (AvgIpc) is 2.28. The number of halogens is 1. The van der Waals surface area contributed by atoms with Gasteiger partial charge in [-0.1, -0.05) is 6.92 Å². The predicted molar refractivity (Wildman–Crippen MR) is 73.4 cm³/mol. The summed E-state index contributed by atoms with van der Waals surface area (Å²) >= 11 is 3.21. The summed E-state index contributed by atoms with van der Waals surface area (Å²) in [5.74, 6) is -0.507. The van der Waals surface area contributed by atoms with Gasteiger partial charge in [-0.05, 0) is 36.2 Å². The van der Waals surface area contributed by atoms with Crippen molar-refractivity contribution in [3.05, 3.63) is 21.0 Å². The molecule has 0 aliphatic rings. The monoisotopic (exact) mass is 316 g/mol. The molecule has 0 unspecified atom stereocenters. The van der Waals surface area contributed by atoms with Gasteiger partial charge in [0.05, 0.1) is 11.9 Å². The molecule has 0 fully saturated rings. The Kier molecular flexibility index (Phi) is 4.50. The van der Waals surface area contributed by atoms with Gasteiger partial charge in [-0.15, -0.1) is 0 Å². The van der Waals surface area contributed by atoms with E-state index in [1.807, 2.05) is 6.92 Å².